The molecule has 0 aromatic heterocycles. The van der Waals surface area contributed by atoms with Crippen LogP contribution in [0.2, 0.25) is 0 Å². The van der Waals surface area contributed by atoms with E-state index in [2.05, 4.69) is 22.5 Å². The summed E-state index contributed by atoms with van der Waals surface area (Å²) in [6, 6.07) is 5.78. The van der Waals surface area contributed by atoms with Gasteiger partial charge in [-0.3, -0.25) is 9.69 Å². The van der Waals surface area contributed by atoms with E-state index in [1.165, 1.54) is 57.9 Å². The molecular formula is C24H34FN3O2. The molecule has 1 saturated carbocycles. The van der Waals surface area contributed by atoms with Gasteiger partial charge in [-0.2, -0.15) is 0 Å². The van der Waals surface area contributed by atoms with E-state index in [1.54, 1.807) is 25.0 Å². The first-order chi connectivity index (χ1) is 14.5. The van der Waals surface area contributed by atoms with Gasteiger partial charge in [-0.1, -0.05) is 25.5 Å². The van der Waals surface area contributed by atoms with Crippen molar-refractivity contribution in [1.29, 1.82) is 0 Å². The molecule has 2 saturated heterocycles. The molecule has 1 aromatic carbocycles. The maximum atomic E-state index is 13.4. The van der Waals surface area contributed by atoms with Crippen molar-refractivity contribution in [2.24, 2.45) is 5.92 Å². The SMILES string of the molecule is CCC1CCC(N2CCNCC2)C1.Cc1ccc(C2CCC(=O)NC2=C=O)cc1F. The van der Waals surface area contributed by atoms with Crippen LogP contribution in [0, 0.1) is 18.7 Å². The summed E-state index contributed by atoms with van der Waals surface area (Å²) >= 11 is 0. The number of carbonyl (C=O) groups is 1. The minimum absolute atomic E-state index is 0.188. The monoisotopic (exact) mass is 415 g/mol. The molecule has 1 aromatic rings. The molecule has 164 valence electrons. The molecule has 6 heteroatoms. The standard InChI is InChI=1S/C13H12FNO2.C11H22N2/c1-8-2-3-9(6-11(8)14)10-4-5-13(17)15-12(10)7-16;1-2-10-3-4-11(9-10)13-7-5-12-6-8-13/h2-3,6,10H,4-5H2,1H3,(H,15,17);10-12H,2-9H2,1H3. The maximum Gasteiger partial charge on any atom is 0.224 e. The summed E-state index contributed by atoms with van der Waals surface area (Å²) < 4.78 is 13.4. The molecule has 5 nitrogen and oxygen atoms in total. The van der Waals surface area contributed by atoms with Crippen molar-refractivity contribution < 1.29 is 14.0 Å². The summed E-state index contributed by atoms with van der Waals surface area (Å²) in [5.74, 6) is 2.00. The number of benzene rings is 1. The minimum atomic E-state index is -0.301. The largest absolute Gasteiger partial charge is 0.320 e. The highest BCUT2D eigenvalue weighted by Crippen LogP contribution is 2.32. The van der Waals surface area contributed by atoms with Gasteiger partial charge in [0, 0.05) is 44.6 Å². The number of nitrogens with one attached hydrogen (secondary N) is 2. The highest BCUT2D eigenvalue weighted by atomic mass is 19.1. The number of nitrogens with zero attached hydrogens (tertiary/aromatic N) is 1. The summed E-state index contributed by atoms with van der Waals surface area (Å²) in [4.78, 5) is 24.6. The molecule has 30 heavy (non-hydrogen) atoms. The minimum Gasteiger partial charge on any atom is -0.320 e. The van der Waals surface area contributed by atoms with Crippen LogP contribution in [0.15, 0.2) is 23.9 Å². The molecule has 1 aliphatic carbocycles. The van der Waals surface area contributed by atoms with Gasteiger partial charge in [0.1, 0.15) is 17.5 Å². The Labute approximate surface area is 179 Å². The van der Waals surface area contributed by atoms with E-state index < -0.39 is 0 Å². The van der Waals surface area contributed by atoms with Crippen LogP contribution in [0.25, 0.3) is 0 Å². The smallest absolute Gasteiger partial charge is 0.224 e. The summed E-state index contributed by atoms with van der Waals surface area (Å²) in [5, 5.41) is 5.90. The van der Waals surface area contributed by atoms with Crippen molar-refractivity contribution in [3.63, 3.8) is 0 Å². The first-order valence-electron chi connectivity index (χ1n) is 11.3. The normalized spacial score (nSPS) is 27.1. The molecule has 2 heterocycles. The van der Waals surface area contributed by atoms with Gasteiger partial charge in [-0.05, 0) is 55.7 Å². The summed E-state index contributed by atoms with van der Waals surface area (Å²) in [6.07, 6.45) is 6.65. The zero-order valence-electron chi connectivity index (χ0n) is 18.2. The van der Waals surface area contributed by atoms with Crippen molar-refractivity contribution in [1.82, 2.24) is 15.5 Å². The third kappa shape index (κ3) is 5.78. The van der Waals surface area contributed by atoms with Gasteiger partial charge in [0.15, 0.2) is 0 Å². The zero-order chi connectivity index (χ0) is 21.5. The topological polar surface area (TPSA) is 61.4 Å². The van der Waals surface area contributed by atoms with Crippen molar-refractivity contribution in [2.45, 2.75) is 64.3 Å². The van der Waals surface area contributed by atoms with Crippen molar-refractivity contribution in [3.05, 3.63) is 40.8 Å². The fraction of sp³-hybridized carbons (Fsp3) is 0.625. The average Bonchev–Trinajstić information content (AvgIpc) is 3.26. The third-order valence-corrected chi connectivity index (χ3v) is 6.75. The van der Waals surface area contributed by atoms with E-state index in [1.807, 2.05) is 0 Å². The number of hydrogen-bond donors (Lipinski definition) is 2. The highest BCUT2D eigenvalue weighted by molar-refractivity contribution is 5.82. The van der Waals surface area contributed by atoms with E-state index in [0.717, 1.165) is 12.0 Å². The Morgan fingerprint density at radius 2 is 1.97 bits per heavy atom. The molecule has 2 aliphatic heterocycles. The van der Waals surface area contributed by atoms with Crippen molar-refractivity contribution >= 4 is 11.8 Å². The molecule has 3 unspecified atom stereocenters. The number of hydrogen-bond acceptors (Lipinski definition) is 4. The molecule has 1 amide bonds. The lowest BCUT2D eigenvalue weighted by atomic mass is 9.88. The number of carbonyl (C=O) groups excluding carboxylic acids is 2. The Morgan fingerprint density at radius 3 is 2.60 bits per heavy atom. The summed E-state index contributed by atoms with van der Waals surface area (Å²) in [6.45, 7) is 8.98. The number of rotatable bonds is 3. The quantitative estimate of drug-likeness (QED) is 0.744. The second-order valence-electron chi connectivity index (χ2n) is 8.69. The number of amides is 1. The Bertz CT molecular complexity index is 785. The van der Waals surface area contributed by atoms with E-state index >= 15 is 0 Å². The van der Waals surface area contributed by atoms with Crippen LogP contribution in [-0.4, -0.2) is 49.0 Å². The zero-order valence-corrected chi connectivity index (χ0v) is 18.2. The fourth-order valence-electron chi connectivity index (χ4n) is 4.77. The second-order valence-corrected chi connectivity index (χ2v) is 8.69. The Kier molecular flexibility index (Phi) is 8.20. The highest BCUT2D eigenvalue weighted by Gasteiger charge is 2.28. The van der Waals surface area contributed by atoms with Gasteiger partial charge in [-0.15, -0.1) is 0 Å². The Balaban J connectivity index is 0.000000177. The summed E-state index contributed by atoms with van der Waals surface area (Å²) in [7, 11) is 0. The van der Waals surface area contributed by atoms with Gasteiger partial charge < -0.3 is 10.6 Å². The van der Waals surface area contributed by atoms with Crippen LogP contribution >= 0.6 is 0 Å². The summed E-state index contributed by atoms with van der Waals surface area (Å²) in [5.41, 5.74) is 1.46. The van der Waals surface area contributed by atoms with Crippen LogP contribution in [0.3, 0.4) is 0 Å². The van der Waals surface area contributed by atoms with E-state index in [4.69, 9.17) is 0 Å². The third-order valence-electron chi connectivity index (χ3n) is 6.75. The lowest BCUT2D eigenvalue weighted by Gasteiger charge is -2.32. The second kappa shape index (κ2) is 10.9. The molecule has 0 radical (unpaired) electrons. The maximum absolute atomic E-state index is 13.4. The molecular weight excluding hydrogens is 381 g/mol. The first-order valence-corrected chi connectivity index (χ1v) is 11.3. The molecule has 3 aliphatic rings. The lowest BCUT2D eigenvalue weighted by molar-refractivity contribution is -0.121. The first kappa shape index (κ1) is 22.7. The van der Waals surface area contributed by atoms with Crippen LogP contribution < -0.4 is 10.6 Å². The van der Waals surface area contributed by atoms with Gasteiger partial charge >= 0.3 is 0 Å². The average molecular weight is 416 g/mol. The van der Waals surface area contributed by atoms with Crippen LogP contribution in [-0.2, 0) is 9.59 Å². The number of piperazine rings is 1. The van der Waals surface area contributed by atoms with Crippen molar-refractivity contribution in [2.75, 3.05) is 26.2 Å². The predicted molar refractivity (Wildman–Crippen MR) is 116 cm³/mol. The lowest BCUT2D eigenvalue weighted by Crippen LogP contribution is -2.47. The predicted octanol–water partition coefficient (Wildman–Crippen LogP) is 3.31. The Hall–Kier alpha value is -2.01. The molecule has 2 N–H and O–H groups in total. The van der Waals surface area contributed by atoms with E-state index in [0.29, 0.717) is 24.0 Å². The number of aryl methyl sites for hydroxylation is 1. The molecule has 3 fully saturated rings. The van der Waals surface area contributed by atoms with Gasteiger partial charge in [0.05, 0.1) is 0 Å². The molecule has 0 bridgehead atoms. The molecule has 3 atom stereocenters. The molecule has 4 rings (SSSR count). The van der Waals surface area contributed by atoms with Gasteiger partial charge in [0.2, 0.25) is 5.91 Å². The van der Waals surface area contributed by atoms with E-state index in [9.17, 15) is 14.0 Å². The molecule has 0 spiro atoms. The fourth-order valence-corrected chi connectivity index (χ4v) is 4.77. The number of piperidine rings is 1. The van der Waals surface area contributed by atoms with Crippen LogP contribution in [0.4, 0.5) is 4.39 Å². The number of halogens is 1. The van der Waals surface area contributed by atoms with Crippen molar-refractivity contribution in [3.8, 4) is 0 Å². The Morgan fingerprint density at radius 1 is 1.20 bits per heavy atom. The van der Waals surface area contributed by atoms with Crippen LogP contribution in [0.1, 0.15) is 62.5 Å². The van der Waals surface area contributed by atoms with Gasteiger partial charge in [-0.25, -0.2) is 9.18 Å². The van der Waals surface area contributed by atoms with Gasteiger partial charge in [0.25, 0.3) is 0 Å². The van der Waals surface area contributed by atoms with Crippen LogP contribution in [0.5, 0.6) is 0 Å². The number of allylic oxidation sites excluding steroid dienone is 1. The van der Waals surface area contributed by atoms with E-state index in [-0.39, 0.29) is 23.3 Å².